The van der Waals surface area contributed by atoms with Gasteiger partial charge in [-0.1, -0.05) is 0 Å². The standard InChI is InChI=1S/C9H20N2O/c1-4-12-9(2,3)7-11-8-5-10-6-8/h8,10-11H,4-7H2,1-3H3. The van der Waals surface area contributed by atoms with Crippen molar-refractivity contribution >= 4 is 0 Å². The first-order valence-electron chi connectivity index (χ1n) is 4.72. The zero-order valence-corrected chi connectivity index (χ0v) is 8.31. The van der Waals surface area contributed by atoms with Crippen molar-refractivity contribution in [2.45, 2.75) is 32.4 Å². The second kappa shape index (κ2) is 4.21. The van der Waals surface area contributed by atoms with Gasteiger partial charge in [0.05, 0.1) is 5.60 Å². The number of hydrogen-bond acceptors (Lipinski definition) is 3. The van der Waals surface area contributed by atoms with Gasteiger partial charge in [0.1, 0.15) is 0 Å². The summed E-state index contributed by atoms with van der Waals surface area (Å²) in [5.41, 5.74) is -0.0235. The van der Waals surface area contributed by atoms with E-state index in [2.05, 4.69) is 24.5 Å². The Labute approximate surface area is 74.9 Å². The second-order valence-corrected chi connectivity index (χ2v) is 3.93. The van der Waals surface area contributed by atoms with Gasteiger partial charge in [-0.3, -0.25) is 0 Å². The minimum Gasteiger partial charge on any atom is -0.375 e. The van der Waals surface area contributed by atoms with Crippen LogP contribution in [0.5, 0.6) is 0 Å². The molecule has 1 rings (SSSR count). The van der Waals surface area contributed by atoms with Crippen LogP contribution in [-0.2, 0) is 4.74 Å². The molecule has 1 heterocycles. The van der Waals surface area contributed by atoms with Crippen molar-refractivity contribution in [1.82, 2.24) is 10.6 Å². The van der Waals surface area contributed by atoms with Gasteiger partial charge in [0, 0.05) is 32.3 Å². The van der Waals surface area contributed by atoms with Crippen LogP contribution < -0.4 is 10.6 Å². The number of nitrogens with one attached hydrogen (secondary N) is 2. The van der Waals surface area contributed by atoms with Crippen LogP contribution in [0, 0.1) is 0 Å². The molecule has 0 unspecified atom stereocenters. The predicted octanol–water partition coefficient (Wildman–Crippen LogP) is 0.363. The van der Waals surface area contributed by atoms with Crippen molar-refractivity contribution in [3.8, 4) is 0 Å². The average Bonchev–Trinajstić information content (AvgIpc) is 1.82. The van der Waals surface area contributed by atoms with Crippen LogP contribution in [0.15, 0.2) is 0 Å². The largest absolute Gasteiger partial charge is 0.375 e. The van der Waals surface area contributed by atoms with Crippen LogP contribution in [0.3, 0.4) is 0 Å². The van der Waals surface area contributed by atoms with Gasteiger partial charge in [0.25, 0.3) is 0 Å². The van der Waals surface area contributed by atoms with Crippen molar-refractivity contribution in [1.29, 1.82) is 0 Å². The molecule has 0 aromatic heterocycles. The monoisotopic (exact) mass is 172 g/mol. The highest BCUT2D eigenvalue weighted by Crippen LogP contribution is 2.07. The lowest BCUT2D eigenvalue weighted by atomic mass is 10.1. The van der Waals surface area contributed by atoms with Crippen LogP contribution in [-0.4, -0.2) is 37.9 Å². The molecule has 1 saturated heterocycles. The molecule has 0 saturated carbocycles. The zero-order valence-electron chi connectivity index (χ0n) is 8.31. The molecule has 0 aromatic rings. The Kier molecular flexibility index (Phi) is 3.50. The van der Waals surface area contributed by atoms with E-state index in [0.29, 0.717) is 6.04 Å². The third kappa shape index (κ3) is 3.09. The van der Waals surface area contributed by atoms with E-state index in [1.54, 1.807) is 0 Å². The summed E-state index contributed by atoms with van der Waals surface area (Å²) in [6.07, 6.45) is 0. The van der Waals surface area contributed by atoms with Crippen LogP contribution in [0.25, 0.3) is 0 Å². The molecule has 3 nitrogen and oxygen atoms in total. The Morgan fingerprint density at radius 2 is 2.17 bits per heavy atom. The number of rotatable bonds is 5. The third-order valence-electron chi connectivity index (χ3n) is 2.13. The summed E-state index contributed by atoms with van der Waals surface area (Å²) >= 11 is 0. The molecule has 0 bridgehead atoms. The van der Waals surface area contributed by atoms with Crippen LogP contribution in [0.1, 0.15) is 20.8 Å². The summed E-state index contributed by atoms with van der Waals surface area (Å²) in [6, 6.07) is 0.657. The number of hydrogen-bond donors (Lipinski definition) is 2. The fraction of sp³-hybridized carbons (Fsp3) is 1.00. The van der Waals surface area contributed by atoms with Gasteiger partial charge in [-0.15, -0.1) is 0 Å². The lowest BCUT2D eigenvalue weighted by Gasteiger charge is -2.33. The Bertz CT molecular complexity index is 132. The maximum Gasteiger partial charge on any atom is 0.0750 e. The summed E-state index contributed by atoms with van der Waals surface area (Å²) in [7, 11) is 0. The topological polar surface area (TPSA) is 33.3 Å². The van der Waals surface area contributed by atoms with E-state index in [-0.39, 0.29) is 5.60 Å². The van der Waals surface area contributed by atoms with Crippen molar-refractivity contribution < 1.29 is 4.74 Å². The fourth-order valence-corrected chi connectivity index (χ4v) is 1.26. The third-order valence-corrected chi connectivity index (χ3v) is 2.13. The molecule has 0 spiro atoms. The van der Waals surface area contributed by atoms with Crippen molar-refractivity contribution in [3.05, 3.63) is 0 Å². The zero-order chi connectivity index (χ0) is 9.03. The van der Waals surface area contributed by atoms with E-state index in [4.69, 9.17) is 4.74 Å². The Hall–Kier alpha value is -0.120. The van der Waals surface area contributed by atoms with Gasteiger partial charge in [-0.05, 0) is 20.8 Å². The summed E-state index contributed by atoms with van der Waals surface area (Å²) in [6.45, 7) is 10.2. The van der Waals surface area contributed by atoms with Crippen LogP contribution in [0.4, 0.5) is 0 Å². The molecule has 12 heavy (non-hydrogen) atoms. The average molecular weight is 172 g/mol. The van der Waals surface area contributed by atoms with Crippen molar-refractivity contribution in [3.63, 3.8) is 0 Å². The lowest BCUT2D eigenvalue weighted by Crippen LogP contribution is -2.58. The first-order valence-corrected chi connectivity index (χ1v) is 4.72. The van der Waals surface area contributed by atoms with E-state index < -0.39 is 0 Å². The Morgan fingerprint density at radius 3 is 2.58 bits per heavy atom. The van der Waals surface area contributed by atoms with Gasteiger partial charge in [-0.25, -0.2) is 0 Å². The summed E-state index contributed by atoms with van der Waals surface area (Å²) < 4.78 is 5.57. The van der Waals surface area contributed by atoms with E-state index in [0.717, 1.165) is 26.2 Å². The Morgan fingerprint density at radius 1 is 1.50 bits per heavy atom. The SMILES string of the molecule is CCOC(C)(C)CNC1CNC1. The van der Waals surface area contributed by atoms with E-state index >= 15 is 0 Å². The van der Waals surface area contributed by atoms with Gasteiger partial charge in [0.15, 0.2) is 0 Å². The molecule has 1 aliphatic heterocycles. The van der Waals surface area contributed by atoms with Gasteiger partial charge in [-0.2, -0.15) is 0 Å². The molecule has 0 aliphatic carbocycles. The van der Waals surface area contributed by atoms with Gasteiger partial charge >= 0.3 is 0 Å². The smallest absolute Gasteiger partial charge is 0.0750 e. The highest BCUT2D eigenvalue weighted by atomic mass is 16.5. The van der Waals surface area contributed by atoms with Crippen LogP contribution >= 0.6 is 0 Å². The predicted molar refractivity (Wildman–Crippen MR) is 50.4 cm³/mol. The van der Waals surface area contributed by atoms with Crippen molar-refractivity contribution in [2.24, 2.45) is 0 Å². The normalized spacial score (nSPS) is 19.2. The molecule has 0 amide bonds. The molecule has 3 heteroatoms. The molecule has 0 atom stereocenters. The molecular formula is C9H20N2O. The minimum atomic E-state index is -0.0235. The fourth-order valence-electron chi connectivity index (χ4n) is 1.26. The molecule has 72 valence electrons. The summed E-state index contributed by atoms with van der Waals surface area (Å²) in [5.74, 6) is 0. The molecular weight excluding hydrogens is 152 g/mol. The van der Waals surface area contributed by atoms with Gasteiger partial charge in [0.2, 0.25) is 0 Å². The van der Waals surface area contributed by atoms with Gasteiger partial charge < -0.3 is 15.4 Å². The molecule has 1 fully saturated rings. The summed E-state index contributed by atoms with van der Waals surface area (Å²) in [5, 5.41) is 6.68. The second-order valence-electron chi connectivity index (χ2n) is 3.93. The number of ether oxygens (including phenoxy) is 1. The highest BCUT2D eigenvalue weighted by Gasteiger charge is 2.22. The maximum absolute atomic E-state index is 5.57. The quantitative estimate of drug-likeness (QED) is 0.628. The van der Waals surface area contributed by atoms with Crippen molar-refractivity contribution in [2.75, 3.05) is 26.2 Å². The van der Waals surface area contributed by atoms with E-state index in [9.17, 15) is 0 Å². The van der Waals surface area contributed by atoms with E-state index in [1.807, 2.05) is 6.92 Å². The maximum atomic E-state index is 5.57. The summed E-state index contributed by atoms with van der Waals surface area (Å²) in [4.78, 5) is 0. The minimum absolute atomic E-state index is 0.0235. The molecule has 0 radical (unpaired) electrons. The molecule has 2 N–H and O–H groups in total. The first-order chi connectivity index (χ1) is 5.64. The first kappa shape index (κ1) is 9.96. The van der Waals surface area contributed by atoms with E-state index in [1.165, 1.54) is 0 Å². The van der Waals surface area contributed by atoms with Crippen LogP contribution in [0.2, 0.25) is 0 Å². The Balaban J connectivity index is 2.10. The molecule has 0 aromatic carbocycles. The lowest BCUT2D eigenvalue weighted by molar-refractivity contribution is -0.0116. The molecule has 1 aliphatic rings. The highest BCUT2D eigenvalue weighted by molar-refractivity contribution is 4.84.